The lowest BCUT2D eigenvalue weighted by atomic mass is 10.3. The summed E-state index contributed by atoms with van der Waals surface area (Å²) in [5.74, 6) is -0.287. The first-order chi connectivity index (χ1) is 14.5. The zero-order valence-electron chi connectivity index (χ0n) is 23.3. The highest BCUT2D eigenvalue weighted by molar-refractivity contribution is 6.84. The van der Waals surface area contributed by atoms with Crippen molar-refractivity contribution in [2.24, 2.45) is 0 Å². The highest BCUT2D eigenvalue weighted by Crippen LogP contribution is 2.25. The Hall–Kier alpha value is -0.476. The zero-order chi connectivity index (χ0) is 25.1. The molecule has 0 heterocycles. The molecule has 0 saturated heterocycles. The van der Waals surface area contributed by atoms with Crippen LogP contribution < -0.4 is 0 Å². The van der Waals surface area contributed by atoms with E-state index in [0.717, 1.165) is 22.1 Å². The summed E-state index contributed by atoms with van der Waals surface area (Å²) in [6.45, 7) is 22.2. The van der Waals surface area contributed by atoms with Gasteiger partial charge in [-0.15, -0.1) is 0 Å². The molecular weight excluding hydrogens is 432 g/mol. The van der Waals surface area contributed by atoms with E-state index < -0.39 is 16.6 Å². The molecule has 0 N–H and O–H groups in total. The van der Waals surface area contributed by atoms with E-state index in [9.17, 15) is 4.79 Å². The number of rotatable bonds is 18. The standard InChI is InChI=1S/C25H56N2O3Si2/c1-12-17-26(4,5)18-13-15-22-31(8,9)30-32(10,11)23-16-14-19-27(6,7)20-21-29-25(28)24(2)3/h2,12-23H2,1,3-11H3/q+2. The van der Waals surface area contributed by atoms with Gasteiger partial charge in [0.25, 0.3) is 0 Å². The first kappa shape index (κ1) is 31.5. The van der Waals surface area contributed by atoms with Gasteiger partial charge in [-0.05, 0) is 77.3 Å². The number of nitrogens with zero attached hydrogens (tertiary/aromatic N) is 2. The minimum atomic E-state index is -1.63. The molecule has 0 spiro atoms. The first-order valence-electron chi connectivity index (χ1n) is 12.7. The van der Waals surface area contributed by atoms with Crippen LogP contribution in [0.25, 0.3) is 0 Å². The van der Waals surface area contributed by atoms with E-state index in [2.05, 4.69) is 67.9 Å². The third kappa shape index (κ3) is 16.2. The van der Waals surface area contributed by atoms with Gasteiger partial charge in [0.1, 0.15) is 13.2 Å². The lowest BCUT2D eigenvalue weighted by Gasteiger charge is -2.35. The van der Waals surface area contributed by atoms with Crippen LogP contribution in [0.2, 0.25) is 38.3 Å². The Morgan fingerprint density at radius 1 is 0.781 bits per heavy atom. The van der Waals surface area contributed by atoms with Crippen molar-refractivity contribution in [1.82, 2.24) is 0 Å². The van der Waals surface area contributed by atoms with E-state index in [-0.39, 0.29) is 5.97 Å². The second-order valence-electron chi connectivity index (χ2n) is 12.2. The van der Waals surface area contributed by atoms with Gasteiger partial charge in [-0.3, -0.25) is 0 Å². The maximum Gasteiger partial charge on any atom is 0.333 e. The van der Waals surface area contributed by atoms with Gasteiger partial charge in [-0.25, -0.2) is 4.79 Å². The molecule has 0 saturated carbocycles. The summed E-state index contributed by atoms with van der Waals surface area (Å²) in [5, 5.41) is 0. The molecule has 0 radical (unpaired) electrons. The number of ether oxygens (including phenoxy) is 1. The molecule has 0 aromatic heterocycles. The Kier molecular flexibility index (Phi) is 13.8. The monoisotopic (exact) mass is 488 g/mol. The van der Waals surface area contributed by atoms with E-state index in [0.29, 0.717) is 12.2 Å². The summed E-state index contributed by atoms with van der Waals surface area (Å²) in [7, 11) is 5.92. The summed E-state index contributed by atoms with van der Waals surface area (Å²) in [6, 6.07) is 2.51. The lowest BCUT2D eigenvalue weighted by molar-refractivity contribution is -0.890. The predicted molar refractivity (Wildman–Crippen MR) is 144 cm³/mol. The van der Waals surface area contributed by atoms with Crippen LogP contribution in [0.5, 0.6) is 0 Å². The van der Waals surface area contributed by atoms with Crippen LogP contribution in [0, 0.1) is 0 Å². The molecule has 0 rings (SSSR count). The molecular formula is C25H56N2O3Si2+2. The highest BCUT2D eigenvalue weighted by Gasteiger charge is 2.32. The molecule has 190 valence electrons. The molecule has 0 fully saturated rings. The number of likely N-dealkylation sites (N-methyl/N-ethyl adjacent to an activating group) is 1. The number of esters is 1. The van der Waals surface area contributed by atoms with Gasteiger partial charge in [0.2, 0.25) is 0 Å². The molecule has 0 aliphatic heterocycles. The fourth-order valence-electron chi connectivity index (χ4n) is 4.37. The van der Waals surface area contributed by atoms with Gasteiger partial charge in [0.05, 0.1) is 47.8 Å². The molecule has 32 heavy (non-hydrogen) atoms. The second-order valence-corrected chi connectivity index (χ2v) is 21.1. The molecule has 0 amide bonds. The van der Waals surface area contributed by atoms with Gasteiger partial charge in [-0.2, -0.15) is 0 Å². The smallest absolute Gasteiger partial charge is 0.333 e. The Labute approximate surface area is 202 Å². The SMILES string of the molecule is C=C(C)C(=O)OCC[N+](C)(C)CCCC[Si](C)(C)O[Si](C)(C)CCCC[N+](C)(C)CCC. The maximum atomic E-state index is 11.5. The van der Waals surface area contributed by atoms with Crippen molar-refractivity contribution < 1.29 is 22.6 Å². The molecule has 0 aliphatic rings. The summed E-state index contributed by atoms with van der Waals surface area (Å²) in [6.07, 6.45) is 6.28. The van der Waals surface area contributed by atoms with Crippen LogP contribution >= 0.6 is 0 Å². The van der Waals surface area contributed by atoms with Crippen molar-refractivity contribution in [3.63, 3.8) is 0 Å². The first-order valence-corrected chi connectivity index (χ1v) is 18.9. The normalized spacial score (nSPS) is 13.3. The number of quaternary nitrogens is 2. The van der Waals surface area contributed by atoms with Crippen LogP contribution in [0.3, 0.4) is 0 Å². The van der Waals surface area contributed by atoms with E-state index >= 15 is 0 Å². The predicted octanol–water partition coefficient (Wildman–Crippen LogP) is 5.66. The van der Waals surface area contributed by atoms with Gasteiger partial charge >= 0.3 is 5.97 Å². The third-order valence-electron chi connectivity index (χ3n) is 6.24. The number of hydrogen-bond donors (Lipinski definition) is 0. The largest absolute Gasteiger partial charge is 0.456 e. The third-order valence-corrected chi connectivity index (χ3v) is 13.8. The van der Waals surface area contributed by atoms with E-state index in [1.807, 2.05) is 0 Å². The number of unbranched alkanes of at least 4 members (excludes halogenated alkanes) is 2. The van der Waals surface area contributed by atoms with Crippen molar-refractivity contribution in [2.45, 2.75) is 84.2 Å². The zero-order valence-corrected chi connectivity index (χ0v) is 25.3. The van der Waals surface area contributed by atoms with Crippen molar-refractivity contribution in [2.75, 3.05) is 61.0 Å². The van der Waals surface area contributed by atoms with Crippen molar-refractivity contribution in [1.29, 1.82) is 0 Å². The topological polar surface area (TPSA) is 35.5 Å². The van der Waals surface area contributed by atoms with Gasteiger partial charge in [0, 0.05) is 5.57 Å². The summed E-state index contributed by atoms with van der Waals surface area (Å²) < 4.78 is 14.1. The van der Waals surface area contributed by atoms with E-state index in [4.69, 9.17) is 8.85 Å². The van der Waals surface area contributed by atoms with Gasteiger partial charge in [0.15, 0.2) is 16.6 Å². The lowest BCUT2D eigenvalue weighted by Crippen LogP contribution is -2.45. The van der Waals surface area contributed by atoms with E-state index in [1.165, 1.54) is 57.3 Å². The average molecular weight is 489 g/mol. The minimum absolute atomic E-state index is 0.287. The number of carbonyl (C=O) groups excluding carboxylic acids is 1. The molecule has 0 bridgehead atoms. The number of carbonyl (C=O) groups is 1. The summed E-state index contributed by atoms with van der Waals surface area (Å²) in [4.78, 5) is 11.5. The number of hydrogen-bond acceptors (Lipinski definition) is 3. The molecule has 0 unspecified atom stereocenters. The van der Waals surface area contributed by atoms with E-state index in [1.54, 1.807) is 6.92 Å². The summed E-state index contributed by atoms with van der Waals surface area (Å²) >= 11 is 0. The maximum absolute atomic E-state index is 11.5. The molecule has 7 heteroatoms. The Morgan fingerprint density at radius 3 is 1.62 bits per heavy atom. The highest BCUT2D eigenvalue weighted by atomic mass is 28.4. The fourth-order valence-corrected chi connectivity index (χ4v) is 13.4. The van der Waals surface area contributed by atoms with Crippen LogP contribution in [0.4, 0.5) is 0 Å². The van der Waals surface area contributed by atoms with Crippen LogP contribution in [0.15, 0.2) is 12.2 Å². The minimum Gasteiger partial charge on any atom is -0.456 e. The molecule has 0 atom stereocenters. The van der Waals surface area contributed by atoms with Gasteiger partial charge < -0.3 is 17.8 Å². The molecule has 5 nitrogen and oxygen atoms in total. The Morgan fingerprint density at radius 2 is 1.22 bits per heavy atom. The molecule has 0 aromatic rings. The molecule has 0 aromatic carbocycles. The Balaban J connectivity index is 4.23. The average Bonchev–Trinajstić information content (AvgIpc) is 2.61. The van der Waals surface area contributed by atoms with Crippen LogP contribution in [0.1, 0.15) is 46.0 Å². The second kappa shape index (κ2) is 14.0. The van der Waals surface area contributed by atoms with Crippen LogP contribution in [-0.4, -0.2) is 92.5 Å². The fraction of sp³-hybridized carbons (Fsp3) is 0.880. The quantitative estimate of drug-likeness (QED) is 0.0821. The van der Waals surface area contributed by atoms with Crippen LogP contribution in [-0.2, 0) is 13.6 Å². The van der Waals surface area contributed by atoms with Gasteiger partial charge in [-0.1, -0.05) is 13.5 Å². The molecule has 0 aliphatic carbocycles. The van der Waals surface area contributed by atoms with Crippen molar-refractivity contribution >= 4 is 22.6 Å². The van der Waals surface area contributed by atoms with Crippen molar-refractivity contribution in [3.05, 3.63) is 12.2 Å². The summed E-state index contributed by atoms with van der Waals surface area (Å²) in [5.41, 5.74) is 0.466. The Bertz CT molecular complexity index is 576. The van der Waals surface area contributed by atoms with Crippen molar-refractivity contribution in [3.8, 4) is 0 Å².